The van der Waals surface area contributed by atoms with Crippen molar-refractivity contribution < 1.29 is 38.4 Å². The normalized spacial score (nSPS) is 16.5. The van der Waals surface area contributed by atoms with Gasteiger partial charge in [0, 0.05) is 5.56 Å². The summed E-state index contributed by atoms with van der Waals surface area (Å²) in [6.45, 7) is 3.40. The van der Waals surface area contributed by atoms with Gasteiger partial charge in [0.25, 0.3) is 5.78 Å². The number of Topliss-reactive ketones (excluding diaryl/α,β-unsaturated/α-hetero) is 1. The molecule has 0 aliphatic carbocycles. The van der Waals surface area contributed by atoms with Crippen LogP contribution in [0.3, 0.4) is 0 Å². The number of aromatic nitrogens is 1. The first kappa shape index (κ1) is 26.7. The summed E-state index contributed by atoms with van der Waals surface area (Å²) < 4.78 is 20.9. The average Bonchev–Trinajstić information content (AvgIpc) is 3.43. The van der Waals surface area contributed by atoms with Crippen LogP contribution in [0.4, 0.5) is 5.13 Å². The first-order valence-corrected chi connectivity index (χ1v) is 12.2. The van der Waals surface area contributed by atoms with E-state index in [4.69, 9.17) is 18.9 Å². The zero-order valence-electron chi connectivity index (χ0n) is 21.6. The highest BCUT2D eigenvalue weighted by molar-refractivity contribution is 7.17. The number of aliphatic hydroxyl groups is 1. The topological polar surface area (TPSA) is 124 Å². The highest BCUT2D eigenvalue weighted by Gasteiger charge is 2.48. The molecule has 38 heavy (non-hydrogen) atoms. The van der Waals surface area contributed by atoms with Crippen LogP contribution < -0.4 is 19.1 Å². The second-order valence-corrected chi connectivity index (χ2v) is 9.35. The number of methoxy groups -OCH3 is 4. The van der Waals surface area contributed by atoms with Gasteiger partial charge in [-0.15, -0.1) is 0 Å². The van der Waals surface area contributed by atoms with E-state index in [-0.39, 0.29) is 21.3 Å². The van der Waals surface area contributed by atoms with Crippen molar-refractivity contribution in [3.8, 4) is 17.2 Å². The van der Waals surface area contributed by atoms with Crippen LogP contribution in [0.2, 0.25) is 0 Å². The van der Waals surface area contributed by atoms with Gasteiger partial charge < -0.3 is 24.1 Å². The number of hydrogen-bond acceptors (Lipinski definition) is 10. The number of ketones is 1. The van der Waals surface area contributed by atoms with Gasteiger partial charge in [0.2, 0.25) is 0 Å². The number of ether oxygens (including phenoxy) is 4. The average molecular weight is 539 g/mol. The van der Waals surface area contributed by atoms with Crippen molar-refractivity contribution in [3.63, 3.8) is 0 Å². The van der Waals surface area contributed by atoms with E-state index in [2.05, 4.69) is 4.98 Å². The molecule has 1 aliphatic heterocycles. The van der Waals surface area contributed by atoms with E-state index in [0.29, 0.717) is 34.1 Å². The molecule has 1 saturated heterocycles. The highest BCUT2D eigenvalue weighted by Crippen LogP contribution is 2.45. The van der Waals surface area contributed by atoms with E-state index >= 15 is 0 Å². The molecule has 1 unspecified atom stereocenters. The van der Waals surface area contributed by atoms with Gasteiger partial charge in [-0.3, -0.25) is 14.5 Å². The smallest absolute Gasteiger partial charge is 0.350 e. The molecule has 1 aliphatic rings. The van der Waals surface area contributed by atoms with E-state index in [1.807, 2.05) is 0 Å². The lowest BCUT2D eigenvalue weighted by atomic mass is 9.94. The Labute approximate surface area is 223 Å². The number of carbonyl (C=O) groups excluding carboxylic acids is 3. The van der Waals surface area contributed by atoms with Crippen LogP contribution >= 0.6 is 11.3 Å². The maximum atomic E-state index is 13.5. The van der Waals surface area contributed by atoms with Crippen molar-refractivity contribution in [2.75, 3.05) is 33.3 Å². The molecule has 1 aromatic heterocycles. The van der Waals surface area contributed by atoms with Crippen molar-refractivity contribution in [2.24, 2.45) is 0 Å². The Hall–Kier alpha value is -4.38. The number of aryl methyl sites for hydroxylation is 2. The standard InChI is InChI=1S/C27H26N2O8S/c1-13-11-16(8-9-17(13)34-3)22(30)20-21(15-7-10-18(35-4)19(12-15)36-5)29(25(32)23(20)31)27-28-14(2)24(38-27)26(33)37-6/h7-12,21,30H,1-6H3. The van der Waals surface area contributed by atoms with E-state index in [1.54, 1.807) is 50.2 Å². The van der Waals surface area contributed by atoms with E-state index in [9.17, 15) is 19.5 Å². The van der Waals surface area contributed by atoms with E-state index in [1.165, 1.54) is 33.3 Å². The SMILES string of the molecule is COC(=O)c1sc(N2C(=O)C(=O)C(=C(O)c3ccc(OC)c(C)c3)C2c2ccc(OC)c(OC)c2)nc1C. The van der Waals surface area contributed by atoms with Crippen LogP contribution in [0.1, 0.15) is 38.1 Å². The lowest BCUT2D eigenvalue weighted by molar-refractivity contribution is -0.132. The molecule has 2 heterocycles. The van der Waals surface area contributed by atoms with E-state index in [0.717, 1.165) is 16.9 Å². The van der Waals surface area contributed by atoms with Crippen molar-refractivity contribution in [1.29, 1.82) is 0 Å². The van der Waals surface area contributed by atoms with Crippen LogP contribution in [0.5, 0.6) is 17.2 Å². The minimum Gasteiger partial charge on any atom is -0.507 e. The fourth-order valence-electron chi connectivity index (χ4n) is 4.32. The van der Waals surface area contributed by atoms with Crippen LogP contribution in [0, 0.1) is 13.8 Å². The Morgan fingerprint density at radius 3 is 2.21 bits per heavy atom. The molecular weight excluding hydrogens is 512 g/mol. The van der Waals surface area contributed by atoms with Crippen molar-refractivity contribution in [2.45, 2.75) is 19.9 Å². The number of nitrogens with zero attached hydrogens (tertiary/aromatic N) is 2. The van der Waals surface area contributed by atoms with Gasteiger partial charge in [-0.2, -0.15) is 0 Å². The van der Waals surface area contributed by atoms with Gasteiger partial charge in [-0.1, -0.05) is 17.4 Å². The molecule has 10 nitrogen and oxygen atoms in total. The number of anilines is 1. The van der Waals surface area contributed by atoms with Crippen LogP contribution in [-0.4, -0.2) is 56.2 Å². The number of benzene rings is 2. The Bertz CT molecular complexity index is 1480. The fraction of sp³-hybridized carbons (Fsp3) is 0.259. The minimum absolute atomic E-state index is 0.106. The molecule has 11 heteroatoms. The summed E-state index contributed by atoms with van der Waals surface area (Å²) in [7, 11) is 5.73. The molecule has 4 rings (SSSR count). The molecule has 0 saturated carbocycles. The van der Waals surface area contributed by atoms with Crippen molar-refractivity contribution in [3.05, 3.63) is 69.2 Å². The second-order valence-electron chi connectivity index (χ2n) is 8.37. The molecule has 0 radical (unpaired) electrons. The van der Waals surface area contributed by atoms with Crippen LogP contribution in [-0.2, 0) is 14.3 Å². The molecule has 1 fully saturated rings. The summed E-state index contributed by atoms with van der Waals surface area (Å²) in [5.74, 6) is -1.37. The third kappa shape index (κ3) is 4.45. The lowest BCUT2D eigenvalue weighted by Gasteiger charge is -2.24. The van der Waals surface area contributed by atoms with Gasteiger partial charge in [-0.25, -0.2) is 9.78 Å². The molecule has 1 atom stereocenters. The molecule has 2 aromatic carbocycles. The molecule has 1 amide bonds. The number of aliphatic hydroxyl groups excluding tert-OH is 1. The summed E-state index contributed by atoms with van der Waals surface area (Å²) in [5, 5.41) is 11.5. The number of esters is 1. The Morgan fingerprint density at radius 1 is 0.947 bits per heavy atom. The quantitative estimate of drug-likeness (QED) is 0.204. The molecule has 198 valence electrons. The first-order chi connectivity index (χ1) is 18.2. The summed E-state index contributed by atoms with van der Waals surface area (Å²) in [6.07, 6.45) is 0. The van der Waals surface area contributed by atoms with Gasteiger partial charge >= 0.3 is 11.9 Å². The van der Waals surface area contributed by atoms with Gasteiger partial charge in [0.1, 0.15) is 16.4 Å². The van der Waals surface area contributed by atoms with Gasteiger partial charge in [0.05, 0.1) is 45.7 Å². The Morgan fingerprint density at radius 2 is 1.61 bits per heavy atom. The summed E-state index contributed by atoms with van der Waals surface area (Å²) in [6, 6.07) is 8.78. The molecule has 3 aromatic rings. The zero-order valence-corrected chi connectivity index (χ0v) is 22.5. The number of thiazole rings is 1. The first-order valence-electron chi connectivity index (χ1n) is 11.4. The number of rotatable bonds is 7. The predicted octanol–water partition coefficient (Wildman–Crippen LogP) is 4.20. The van der Waals surface area contributed by atoms with Gasteiger partial charge in [-0.05, 0) is 55.3 Å². The van der Waals surface area contributed by atoms with Crippen molar-refractivity contribution >= 4 is 39.9 Å². The van der Waals surface area contributed by atoms with Crippen molar-refractivity contribution in [1.82, 2.24) is 4.98 Å². The number of amides is 1. The Kier molecular flexibility index (Phi) is 7.40. The Balaban J connectivity index is 1.97. The number of carbonyl (C=O) groups is 3. The zero-order chi connectivity index (χ0) is 27.7. The summed E-state index contributed by atoms with van der Waals surface area (Å²) >= 11 is 0.919. The minimum atomic E-state index is -1.08. The summed E-state index contributed by atoms with van der Waals surface area (Å²) in [5.41, 5.74) is 1.72. The maximum Gasteiger partial charge on any atom is 0.350 e. The largest absolute Gasteiger partial charge is 0.507 e. The molecule has 1 N–H and O–H groups in total. The predicted molar refractivity (Wildman–Crippen MR) is 140 cm³/mol. The monoisotopic (exact) mass is 538 g/mol. The number of hydrogen-bond donors (Lipinski definition) is 1. The second kappa shape index (κ2) is 10.5. The maximum absolute atomic E-state index is 13.5. The molecule has 0 spiro atoms. The van der Waals surface area contributed by atoms with Gasteiger partial charge in [0.15, 0.2) is 16.6 Å². The highest BCUT2D eigenvalue weighted by atomic mass is 32.1. The lowest BCUT2D eigenvalue weighted by Crippen LogP contribution is -2.29. The van der Waals surface area contributed by atoms with Crippen LogP contribution in [0.25, 0.3) is 5.76 Å². The van der Waals surface area contributed by atoms with E-state index < -0.39 is 23.7 Å². The third-order valence-corrected chi connectivity index (χ3v) is 7.33. The summed E-state index contributed by atoms with van der Waals surface area (Å²) in [4.78, 5) is 44.9. The fourth-order valence-corrected chi connectivity index (χ4v) is 5.33. The van der Waals surface area contributed by atoms with Crippen LogP contribution in [0.15, 0.2) is 42.0 Å². The third-order valence-electron chi connectivity index (χ3n) is 6.20. The molecular formula is C27H26N2O8S. The molecule has 0 bridgehead atoms.